The van der Waals surface area contributed by atoms with Crippen LogP contribution in [-0.2, 0) is 0 Å². The number of rotatable bonds is 8. The molecule has 1 aromatic rings. The van der Waals surface area contributed by atoms with E-state index in [0.717, 1.165) is 13.1 Å². The minimum atomic E-state index is 0.681. The van der Waals surface area contributed by atoms with Gasteiger partial charge in [0.2, 0.25) is 0 Å². The van der Waals surface area contributed by atoms with Crippen molar-refractivity contribution in [2.24, 2.45) is 0 Å². The topological polar surface area (TPSA) is 15.3 Å². The SMILES string of the molecule is CCNC(CC)CCCN(C)c1cccc(C)c1. The van der Waals surface area contributed by atoms with Crippen LogP contribution < -0.4 is 10.2 Å². The Morgan fingerprint density at radius 3 is 2.67 bits per heavy atom. The monoisotopic (exact) mass is 248 g/mol. The van der Waals surface area contributed by atoms with Crippen molar-refractivity contribution in [2.45, 2.75) is 46.1 Å². The highest BCUT2D eigenvalue weighted by molar-refractivity contribution is 5.47. The average molecular weight is 248 g/mol. The zero-order chi connectivity index (χ0) is 13.4. The smallest absolute Gasteiger partial charge is 0.0366 e. The van der Waals surface area contributed by atoms with Gasteiger partial charge in [-0.25, -0.2) is 0 Å². The zero-order valence-electron chi connectivity index (χ0n) is 12.4. The molecule has 1 N–H and O–H groups in total. The minimum absolute atomic E-state index is 0.681. The van der Waals surface area contributed by atoms with Crippen molar-refractivity contribution in [3.8, 4) is 0 Å². The largest absolute Gasteiger partial charge is 0.375 e. The molecule has 1 atom stereocenters. The van der Waals surface area contributed by atoms with Gasteiger partial charge in [0, 0.05) is 25.3 Å². The maximum Gasteiger partial charge on any atom is 0.0366 e. The average Bonchev–Trinajstić information content (AvgIpc) is 2.37. The van der Waals surface area contributed by atoms with Crippen LogP contribution in [0.25, 0.3) is 0 Å². The molecule has 1 unspecified atom stereocenters. The molecule has 0 saturated heterocycles. The summed E-state index contributed by atoms with van der Waals surface area (Å²) >= 11 is 0. The molecule has 0 bridgehead atoms. The second-order valence-corrected chi connectivity index (χ2v) is 5.07. The molecule has 0 radical (unpaired) electrons. The Balaban J connectivity index is 2.34. The molecule has 1 rings (SSSR count). The van der Waals surface area contributed by atoms with Crippen LogP contribution in [0.5, 0.6) is 0 Å². The number of hydrogen-bond acceptors (Lipinski definition) is 2. The molecule has 1 aromatic carbocycles. The van der Waals surface area contributed by atoms with Gasteiger partial charge in [-0.1, -0.05) is 26.0 Å². The van der Waals surface area contributed by atoms with Crippen molar-refractivity contribution in [3.63, 3.8) is 0 Å². The van der Waals surface area contributed by atoms with Crippen LogP contribution in [0.15, 0.2) is 24.3 Å². The highest BCUT2D eigenvalue weighted by Gasteiger charge is 2.05. The number of nitrogens with zero attached hydrogens (tertiary/aromatic N) is 1. The number of nitrogens with one attached hydrogen (secondary N) is 1. The van der Waals surface area contributed by atoms with Crippen molar-refractivity contribution in [3.05, 3.63) is 29.8 Å². The molecule has 18 heavy (non-hydrogen) atoms. The highest BCUT2D eigenvalue weighted by atomic mass is 15.1. The molecule has 0 saturated carbocycles. The summed E-state index contributed by atoms with van der Waals surface area (Å²) in [5.41, 5.74) is 2.66. The van der Waals surface area contributed by atoms with Crippen LogP contribution >= 0.6 is 0 Å². The second-order valence-electron chi connectivity index (χ2n) is 5.07. The third-order valence-electron chi connectivity index (χ3n) is 3.47. The van der Waals surface area contributed by atoms with Gasteiger partial charge in [0.1, 0.15) is 0 Å². The van der Waals surface area contributed by atoms with Gasteiger partial charge in [-0.2, -0.15) is 0 Å². The molecule has 0 aromatic heterocycles. The van der Waals surface area contributed by atoms with Gasteiger partial charge in [0.05, 0.1) is 0 Å². The van der Waals surface area contributed by atoms with E-state index in [9.17, 15) is 0 Å². The molecule has 0 aliphatic carbocycles. The normalized spacial score (nSPS) is 12.4. The number of benzene rings is 1. The third-order valence-corrected chi connectivity index (χ3v) is 3.47. The number of hydrogen-bond donors (Lipinski definition) is 1. The molecule has 2 nitrogen and oxygen atoms in total. The Morgan fingerprint density at radius 1 is 1.28 bits per heavy atom. The molecule has 0 spiro atoms. The van der Waals surface area contributed by atoms with Gasteiger partial charge in [-0.3, -0.25) is 0 Å². The van der Waals surface area contributed by atoms with Crippen molar-refractivity contribution in [2.75, 3.05) is 25.0 Å². The Hall–Kier alpha value is -1.02. The van der Waals surface area contributed by atoms with Crippen molar-refractivity contribution < 1.29 is 0 Å². The first-order chi connectivity index (χ1) is 8.67. The summed E-state index contributed by atoms with van der Waals surface area (Å²) in [5, 5.41) is 3.54. The van der Waals surface area contributed by atoms with E-state index in [-0.39, 0.29) is 0 Å². The molecule has 0 aliphatic heterocycles. The summed E-state index contributed by atoms with van der Waals surface area (Å²) in [6.07, 6.45) is 3.73. The fourth-order valence-electron chi connectivity index (χ4n) is 2.31. The van der Waals surface area contributed by atoms with Gasteiger partial charge in [-0.05, 0) is 50.4 Å². The van der Waals surface area contributed by atoms with Gasteiger partial charge in [0.25, 0.3) is 0 Å². The highest BCUT2D eigenvalue weighted by Crippen LogP contribution is 2.15. The van der Waals surface area contributed by atoms with Crippen LogP contribution in [-0.4, -0.2) is 26.2 Å². The molecular weight excluding hydrogens is 220 g/mol. The van der Waals surface area contributed by atoms with E-state index >= 15 is 0 Å². The van der Waals surface area contributed by atoms with Crippen LogP contribution in [0.3, 0.4) is 0 Å². The van der Waals surface area contributed by atoms with Crippen molar-refractivity contribution in [1.29, 1.82) is 0 Å². The van der Waals surface area contributed by atoms with E-state index < -0.39 is 0 Å². The third kappa shape index (κ3) is 5.09. The van der Waals surface area contributed by atoms with Gasteiger partial charge in [0.15, 0.2) is 0 Å². The van der Waals surface area contributed by atoms with E-state index in [1.165, 1.54) is 30.5 Å². The number of aryl methyl sites for hydroxylation is 1. The summed E-state index contributed by atoms with van der Waals surface area (Å²) in [5.74, 6) is 0. The minimum Gasteiger partial charge on any atom is -0.375 e. The van der Waals surface area contributed by atoms with Crippen LogP contribution in [0, 0.1) is 6.92 Å². The summed E-state index contributed by atoms with van der Waals surface area (Å²) in [6, 6.07) is 9.40. The van der Waals surface area contributed by atoms with E-state index in [1.54, 1.807) is 0 Å². The van der Waals surface area contributed by atoms with E-state index in [0.29, 0.717) is 6.04 Å². The predicted molar refractivity (Wildman–Crippen MR) is 81.4 cm³/mol. The lowest BCUT2D eigenvalue weighted by Crippen LogP contribution is -2.29. The van der Waals surface area contributed by atoms with E-state index in [4.69, 9.17) is 0 Å². The standard InChI is InChI=1S/C16H28N2/c1-5-15(17-6-2)10-8-12-18(4)16-11-7-9-14(3)13-16/h7,9,11,13,15,17H,5-6,8,10,12H2,1-4H3. The molecule has 102 valence electrons. The predicted octanol–water partition coefficient (Wildman–Crippen LogP) is 3.60. The first kappa shape index (κ1) is 15.0. The lowest BCUT2D eigenvalue weighted by molar-refractivity contribution is 0.468. The number of anilines is 1. The summed E-state index contributed by atoms with van der Waals surface area (Å²) < 4.78 is 0. The van der Waals surface area contributed by atoms with Gasteiger partial charge in [-0.15, -0.1) is 0 Å². The first-order valence-electron chi connectivity index (χ1n) is 7.18. The fourth-order valence-corrected chi connectivity index (χ4v) is 2.31. The maximum absolute atomic E-state index is 3.54. The van der Waals surface area contributed by atoms with Gasteiger partial charge >= 0.3 is 0 Å². The molecule has 0 amide bonds. The Bertz CT molecular complexity index is 336. The molecule has 0 aliphatic rings. The Labute approximate surface area is 112 Å². The van der Waals surface area contributed by atoms with Crippen LogP contribution in [0.2, 0.25) is 0 Å². The fraction of sp³-hybridized carbons (Fsp3) is 0.625. The van der Waals surface area contributed by atoms with Crippen LogP contribution in [0.1, 0.15) is 38.7 Å². The Morgan fingerprint density at radius 2 is 2.06 bits per heavy atom. The summed E-state index contributed by atoms with van der Waals surface area (Å²) in [6.45, 7) is 8.80. The summed E-state index contributed by atoms with van der Waals surface area (Å²) in [4.78, 5) is 2.35. The van der Waals surface area contributed by atoms with Crippen LogP contribution in [0.4, 0.5) is 5.69 Å². The molecule has 2 heteroatoms. The summed E-state index contributed by atoms with van der Waals surface area (Å²) in [7, 11) is 2.18. The lowest BCUT2D eigenvalue weighted by atomic mass is 10.1. The van der Waals surface area contributed by atoms with Crippen molar-refractivity contribution >= 4 is 5.69 Å². The van der Waals surface area contributed by atoms with Crippen molar-refractivity contribution in [1.82, 2.24) is 5.32 Å². The lowest BCUT2D eigenvalue weighted by Gasteiger charge is -2.22. The van der Waals surface area contributed by atoms with E-state index in [1.807, 2.05) is 0 Å². The molecular formula is C16H28N2. The second kappa shape index (κ2) is 8.15. The quantitative estimate of drug-likeness (QED) is 0.756. The molecule has 0 heterocycles. The maximum atomic E-state index is 3.54. The zero-order valence-corrected chi connectivity index (χ0v) is 12.4. The Kier molecular flexibility index (Phi) is 6.81. The van der Waals surface area contributed by atoms with Gasteiger partial charge < -0.3 is 10.2 Å². The molecule has 0 fully saturated rings. The first-order valence-corrected chi connectivity index (χ1v) is 7.18. The van der Waals surface area contributed by atoms with E-state index in [2.05, 4.69) is 62.3 Å².